The first kappa shape index (κ1) is 11.5. The van der Waals surface area contributed by atoms with Crippen LogP contribution in [0.25, 0.3) is 0 Å². The first-order valence-corrected chi connectivity index (χ1v) is 6.07. The number of aromatic nitrogens is 5. The summed E-state index contributed by atoms with van der Waals surface area (Å²) in [5.74, 6) is 1.20. The fourth-order valence-electron chi connectivity index (χ4n) is 1.60. The Kier molecular flexibility index (Phi) is 3.25. The monoisotopic (exact) mass is 301 g/mol. The van der Waals surface area contributed by atoms with Crippen molar-refractivity contribution in [2.75, 3.05) is 0 Å². The van der Waals surface area contributed by atoms with Gasteiger partial charge < -0.3 is 4.57 Å². The molecule has 0 fully saturated rings. The SMILES string of the molecule is CC(Cn1cc(Br)cn1)c1n[nH]c(=S)n1C. The molecular formula is C9H12BrN5S. The van der Waals surface area contributed by atoms with Crippen molar-refractivity contribution in [2.45, 2.75) is 19.4 Å². The number of hydrogen-bond donors (Lipinski definition) is 1. The summed E-state index contributed by atoms with van der Waals surface area (Å²) in [5.41, 5.74) is 0. The Morgan fingerprint density at radius 3 is 2.88 bits per heavy atom. The molecule has 86 valence electrons. The first-order valence-electron chi connectivity index (χ1n) is 4.87. The maximum absolute atomic E-state index is 5.08. The summed E-state index contributed by atoms with van der Waals surface area (Å²) in [6.07, 6.45) is 3.72. The molecule has 2 rings (SSSR count). The van der Waals surface area contributed by atoms with Crippen LogP contribution in [0.15, 0.2) is 16.9 Å². The van der Waals surface area contributed by atoms with Crippen LogP contribution in [0, 0.1) is 4.77 Å². The molecule has 0 radical (unpaired) electrons. The second-order valence-electron chi connectivity index (χ2n) is 3.73. The molecule has 1 N–H and O–H groups in total. The van der Waals surface area contributed by atoms with Crippen molar-refractivity contribution in [3.05, 3.63) is 27.5 Å². The highest BCUT2D eigenvalue weighted by Crippen LogP contribution is 2.15. The number of nitrogens with one attached hydrogen (secondary N) is 1. The topological polar surface area (TPSA) is 51.4 Å². The molecule has 1 unspecified atom stereocenters. The highest BCUT2D eigenvalue weighted by Gasteiger charge is 2.13. The van der Waals surface area contributed by atoms with E-state index in [1.165, 1.54) is 0 Å². The lowest BCUT2D eigenvalue weighted by atomic mass is 10.1. The highest BCUT2D eigenvalue weighted by atomic mass is 79.9. The van der Waals surface area contributed by atoms with Crippen molar-refractivity contribution in [1.29, 1.82) is 0 Å². The third kappa shape index (κ3) is 2.25. The first-order chi connectivity index (χ1) is 7.58. The van der Waals surface area contributed by atoms with E-state index < -0.39 is 0 Å². The Morgan fingerprint density at radius 2 is 2.38 bits per heavy atom. The summed E-state index contributed by atoms with van der Waals surface area (Å²) in [5, 5.41) is 11.2. The fraction of sp³-hybridized carbons (Fsp3) is 0.444. The van der Waals surface area contributed by atoms with E-state index in [9.17, 15) is 0 Å². The van der Waals surface area contributed by atoms with Crippen LogP contribution < -0.4 is 0 Å². The van der Waals surface area contributed by atoms with Crippen molar-refractivity contribution in [3.8, 4) is 0 Å². The highest BCUT2D eigenvalue weighted by molar-refractivity contribution is 9.10. The van der Waals surface area contributed by atoms with Crippen LogP contribution in [0.4, 0.5) is 0 Å². The molecule has 5 nitrogen and oxygen atoms in total. The summed E-state index contributed by atoms with van der Waals surface area (Å²) in [6.45, 7) is 2.87. The van der Waals surface area contributed by atoms with Gasteiger partial charge in [0.2, 0.25) is 0 Å². The van der Waals surface area contributed by atoms with Crippen molar-refractivity contribution >= 4 is 28.1 Å². The van der Waals surface area contributed by atoms with Gasteiger partial charge in [-0.3, -0.25) is 9.78 Å². The van der Waals surface area contributed by atoms with Crippen molar-refractivity contribution in [2.24, 2.45) is 7.05 Å². The zero-order valence-corrected chi connectivity index (χ0v) is 11.4. The van der Waals surface area contributed by atoms with Crippen LogP contribution in [-0.2, 0) is 13.6 Å². The van der Waals surface area contributed by atoms with Crippen LogP contribution in [0.3, 0.4) is 0 Å². The summed E-state index contributed by atoms with van der Waals surface area (Å²) in [4.78, 5) is 0. The smallest absolute Gasteiger partial charge is 0.194 e. The molecule has 0 saturated heterocycles. The number of halogens is 1. The Labute approximate surface area is 107 Å². The van der Waals surface area contributed by atoms with E-state index in [0.29, 0.717) is 4.77 Å². The molecule has 0 spiro atoms. The number of aromatic amines is 1. The van der Waals surface area contributed by atoms with Gasteiger partial charge in [0.1, 0.15) is 5.82 Å². The minimum absolute atomic E-state index is 0.254. The van der Waals surface area contributed by atoms with Crippen LogP contribution in [0.2, 0.25) is 0 Å². The van der Waals surface area contributed by atoms with Gasteiger partial charge >= 0.3 is 0 Å². The number of nitrogens with zero attached hydrogens (tertiary/aromatic N) is 4. The number of H-pyrrole nitrogens is 1. The van der Waals surface area contributed by atoms with Crippen molar-refractivity contribution in [3.63, 3.8) is 0 Å². The molecule has 0 aliphatic carbocycles. The molecule has 7 heteroatoms. The minimum Gasteiger partial charge on any atom is -0.307 e. The van der Waals surface area contributed by atoms with Crippen LogP contribution in [0.5, 0.6) is 0 Å². The van der Waals surface area contributed by atoms with E-state index in [1.54, 1.807) is 6.20 Å². The summed E-state index contributed by atoms with van der Waals surface area (Å²) in [7, 11) is 1.91. The molecule has 0 aliphatic rings. The molecule has 16 heavy (non-hydrogen) atoms. The standard InChI is InChI=1S/C9H12BrN5S/c1-6(4-15-5-7(10)3-11-15)8-12-13-9(16)14(8)2/h3,5-6H,4H2,1-2H3,(H,13,16). The number of hydrogen-bond acceptors (Lipinski definition) is 3. The van der Waals surface area contributed by atoms with Gasteiger partial charge in [-0.2, -0.15) is 10.2 Å². The average Bonchev–Trinajstić information content (AvgIpc) is 2.76. The summed E-state index contributed by atoms with van der Waals surface area (Å²) in [6, 6.07) is 0. The molecule has 1 atom stereocenters. The van der Waals surface area contributed by atoms with Gasteiger partial charge in [-0.1, -0.05) is 6.92 Å². The molecule has 2 aromatic rings. The molecule has 2 aromatic heterocycles. The van der Waals surface area contributed by atoms with E-state index in [1.807, 2.05) is 22.5 Å². The van der Waals surface area contributed by atoms with Crippen molar-refractivity contribution in [1.82, 2.24) is 24.5 Å². The Balaban J connectivity index is 2.17. The molecule has 0 aromatic carbocycles. The molecular weight excluding hydrogens is 290 g/mol. The lowest BCUT2D eigenvalue weighted by molar-refractivity contribution is 0.511. The second kappa shape index (κ2) is 4.50. The third-order valence-corrected chi connectivity index (χ3v) is 3.19. The molecule has 0 saturated carbocycles. The van der Waals surface area contributed by atoms with Gasteiger partial charge in [0.15, 0.2) is 4.77 Å². The molecule has 0 amide bonds. The average molecular weight is 302 g/mol. The van der Waals surface area contributed by atoms with Gasteiger partial charge in [-0.15, -0.1) is 0 Å². The van der Waals surface area contributed by atoms with E-state index in [-0.39, 0.29) is 5.92 Å². The van der Waals surface area contributed by atoms with Gasteiger partial charge in [-0.25, -0.2) is 0 Å². The van der Waals surface area contributed by atoms with Crippen LogP contribution in [0.1, 0.15) is 18.7 Å². The quantitative estimate of drug-likeness (QED) is 0.885. The maximum Gasteiger partial charge on any atom is 0.194 e. The lowest BCUT2D eigenvalue weighted by Gasteiger charge is -2.10. The Hall–Kier alpha value is -0.950. The van der Waals surface area contributed by atoms with E-state index in [2.05, 4.69) is 38.1 Å². The van der Waals surface area contributed by atoms with Gasteiger partial charge in [0, 0.05) is 19.2 Å². The lowest BCUT2D eigenvalue weighted by Crippen LogP contribution is -2.11. The fourth-order valence-corrected chi connectivity index (χ4v) is 2.07. The summed E-state index contributed by atoms with van der Waals surface area (Å²) < 4.78 is 5.39. The Morgan fingerprint density at radius 1 is 1.62 bits per heavy atom. The Bertz CT molecular complexity index is 540. The van der Waals surface area contributed by atoms with Crippen LogP contribution >= 0.6 is 28.1 Å². The third-order valence-electron chi connectivity index (χ3n) is 2.42. The minimum atomic E-state index is 0.254. The molecule has 0 aliphatic heterocycles. The zero-order valence-electron chi connectivity index (χ0n) is 9.01. The predicted molar refractivity (Wildman–Crippen MR) is 66.7 cm³/mol. The molecule has 0 bridgehead atoms. The molecule has 2 heterocycles. The van der Waals surface area contributed by atoms with E-state index in [4.69, 9.17) is 12.2 Å². The zero-order chi connectivity index (χ0) is 11.7. The van der Waals surface area contributed by atoms with E-state index >= 15 is 0 Å². The number of rotatable bonds is 3. The predicted octanol–water partition coefficient (Wildman–Crippen LogP) is 2.24. The second-order valence-corrected chi connectivity index (χ2v) is 5.03. The van der Waals surface area contributed by atoms with Gasteiger partial charge in [0.25, 0.3) is 0 Å². The summed E-state index contributed by atoms with van der Waals surface area (Å²) >= 11 is 8.45. The van der Waals surface area contributed by atoms with Gasteiger partial charge in [-0.05, 0) is 28.1 Å². The van der Waals surface area contributed by atoms with Crippen molar-refractivity contribution < 1.29 is 0 Å². The largest absolute Gasteiger partial charge is 0.307 e. The maximum atomic E-state index is 5.08. The van der Waals surface area contributed by atoms with E-state index in [0.717, 1.165) is 16.8 Å². The normalized spacial score (nSPS) is 12.9. The van der Waals surface area contributed by atoms with Crippen LogP contribution in [-0.4, -0.2) is 24.5 Å². The van der Waals surface area contributed by atoms with Gasteiger partial charge in [0.05, 0.1) is 17.2 Å².